The summed E-state index contributed by atoms with van der Waals surface area (Å²) < 4.78 is 4.35. The van der Waals surface area contributed by atoms with Crippen molar-refractivity contribution in [2.45, 2.75) is 0 Å². The number of benzene rings is 3. The molecule has 3 aromatic rings. The third-order valence-electron chi connectivity index (χ3n) is 2.69. The first-order valence-electron chi connectivity index (χ1n) is 6.21. The van der Waals surface area contributed by atoms with E-state index in [9.17, 15) is 0 Å². The van der Waals surface area contributed by atoms with Crippen LogP contribution in [0, 0.1) is 0 Å². The van der Waals surface area contributed by atoms with Crippen LogP contribution in [0.5, 0.6) is 0 Å². The second-order valence-corrected chi connectivity index (χ2v) is 7.88. The molecule has 2 heteroatoms. The molecule has 0 bridgehead atoms. The molecule has 0 aliphatic carbocycles. The average molecular weight is 416 g/mol. The summed E-state index contributed by atoms with van der Waals surface area (Å²) in [7, 11) is 0. The van der Waals surface area contributed by atoms with Crippen LogP contribution in [0.3, 0.4) is 0 Å². The SMILES string of the molecule is [AsH3].c1cc[c]([Pd]([c]2ccccc2)[c]2ccccc2)cc1. The topological polar surface area (TPSA) is 0 Å². The van der Waals surface area contributed by atoms with E-state index >= 15 is 0 Å². The maximum atomic E-state index is 2.25. The zero-order valence-corrected chi connectivity index (χ0v) is 15.7. The van der Waals surface area contributed by atoms with Crippen LogP contribution in [0.4, 0.5) is 0 Å². The molecule has 0 saturated carbocycles. The summed E-state index contributed by atoms with van der Waals surface area (Å²) >= 11 is -1.05. The summed E-state index contributed by atoms with van der Waals surface area (Å²) in [5, 5.41) is 0. The Balaban J connectivity index is 0.00000147. The van der Waals surface area contributed by atoms with Crippen molar-refractivity contribution in [2.75, 3.05) is 0 Å². The van der Waals surface area contributed by atoms with E-state index in [0.717, 1.165) is 0 Å². The van der Waals surface area contributed by atoms with Crippen LogP contribution in [0.1, 0.15) is 0 Å². The zero-order valence-electron chi connectivity index (χ0n) is 11.2. The van der Waals surface area contributed by atoms with Gasteiger partial charge in [0.05, 0.1) is 0 Å². The van der Waals surface area contributed by atoms with Crippen LogP contribution < -0.4 is 12.1 Å². The molecular formula is C18H18AsPd. The molecule has 0 fully saturated rings. The second kappa shape index (κ2) is 7.61. The maximum absolute atomic E-state index is 2.25. The van der Waals surface area contributed by atoms with Crippen molar-refractivity contribution in [1.82, 2.24) is 0 Å². The van der Waals surface area contributed by atoms with E-state index in [1.807, 2.05) is 0 Å². The first-order chi connectivity index (χ1) is 9.45. The number of rotatable bonds is 3. The van der Waals surface area contributed by atoms with Gasteiger partial charge in [-0.3, -0.25) is 0 Å². The van der Waals surface area contributed by atoms with Crippen molar-refractivity contribution in [3.8, 4) is 0 Å². The van der Waals surface area contributed by atoms with Gasteiger partial charge in [0.2, 0.25) is 0 Å². The predicted molar refractivity (Wildman–Crippen MR) is 88.2 cm³/mol. The van der Waals surface area contributed by atoms with Crippen molar-refractivity contribution < 1.29 is 16.8 Å². The van der Waals surface area contributed by atoms with E-state index in [1.54, 1.807) is 0 Å². The molecule has 0 nitrogen and oxygen atoms in total. The molecule has 0 amide bonds. The van der Waals surface area contributed by atoms with Crippen molar-refractivity contribution in [1.29, 1.82) is 0 Å². The second-order valence-electron chi connectivity index (χ2n) is 4.02. The Morgan fingerprint density at radius 1 is 0.400 bits per heavy atom. The summed E-state index contributed by atoms with van der Waals surface area (Å²) in [4.78, 5) is 0. The van der Waals surface area contributed by atoms with Crippen LogP contribution in [0.2, 0.25) is 0 Å². The Hall–Kier alpha value is -1.12. The fourth-order valence-electron chi connectivity index (χ4n) is 1.84. The van der Waals surface area contributed by atoms with Gasteiger partial charge < -0.3 is 0 Å². The van der Waals surface area contributed by atoms with Crippen LogP contribution >= 0.6 is 0 Å². The summed E-state index contributed by atoms with van der Waals surface area (Å²) in [6.07, 6.45) is 0. The standard InChI is InChI=1S/3C6H5.AsH3.Pd/c3*1-2-4-6-5-3-1;;/h3*1-5H;1H3;. The molecule has 3 aromatic carbocycles. The fourth-order valence-corrected chi connectivity index (χ4v) is 5.85. The van der Waals surface area contributed by atoms with Gasteiger partial charge in [-0.25, -0.2) is 0 Å². The molecule has 105 valence electrons. The van der Waals surface area contributed by atoms with Gasteiger partial charge in [0.1, 0.15) is 0 Å². The van der Waals surface area contributed by atoms with Gasteiger partial charge in [-0.2, -0.15) is 0 Å². The molecule has 1 unspecified atom stereocenters. The van der Waals surface area contributed by atoms with E-state index in [2.05, 4.69) is 91.0 Å². The van der Waals surface area contributed by atoms with Crippen LogP contribution in [0.15, 0.2) is 91.0 Å². The molecule has 0 N–H and O–H groups in total. The molecule has 0 radical (unpaired) electrons. The van der Waals surface area contributed by atoms with Crippen LogP contribution in [-0.2, 0) is 16.8 Å². The molecule has 0 aliphatic heterocycles. The first-order valence-corrected chi connectivity index (χ1v) is 8.54. The van der Waals surface area contributed by atoms with Crippen molar-refractivity contribution >= 4 is 30.1 Å². The minimum atomic E-state index is -1.05. The van der Waals surface area contributed by atoms with Crippen molar-refractivity contribution in [2.24, 2.45) is 0 Å². The first kappa shape index (κ1) is 15.3. The van der Waals surface area contributed by atoms with Gasteiger partial charge in [0.15, 0.2) is 0 Å². The molecule has 20 heavy (non-hydrogen) atoms. The van der Waals surface area contributed by atoms with E-state index in [1.165, 1.54) is 12.1 Å². The number of hydrogen-bond donors (Lipinski definition) is 0. The molecule has 0 spiro atoms. The quantitative estimate of drug-likeness (QED) is 0.567. The Morgan fingerprint density at radius 3 is 0.900 bits per heavy atom. The Bertz CT molecular complexity index is 529. The molecule has 3 rings (SSSR count). The van der Waals surface area contributed by atoms with Gasteiger partial charge in [-0.1, -0.05) is 0 Å². The van der Waals surface area contributed by atoms with Gasteiger partial charge in [-0.05, 0) is 0 Å². The predicted octanol–water partition coefficient (Wildman–Crippen LogP) is 1.40. The van der Waals surface area contributed by atoms with E-state index in [-0.39, 0.29) is 18.0 Å². The van der Waals surface area contributed by atoms with Gasteiger partial charge in [-0.15, -0.1) is 0 Å². The van der Waals surface area contributed by atoms with Gasteiger partial charge in [0, 0.05) is 0 Å². The third kappa shape index (κ3) is 3.50. The number of hydrogen-bond acceptors (Lipinski definition) is 0. The van der Waals surface area contributed by atoms with E-state index < -0.39 is 16.8 Å². The van der Waals surface area contributed by atoms with Crippen LogP contribution in [-0.4, -0.2) is 18.0 Å². The van der Waals surface area contributed by atoms with Crippen molar-refractivity contribution in [3.63, 3.8) is 0 Å². The molecule has 1 atom stereocenters. The van der Waals surface area contributed by atoms with E-state index in [4.69, 9.17) is 0 Å². The zero-order chi connectivity index (χ0) is 12.9. The van der Waals surface area contributed by atoms with E-state index in [0.29, 0.717) is 0 Å². The Kier molecular flexibility index (Phi) is 5.81. The minimum absolute atomic E-state index is 0. The average Bonchev–Trinajstić information content (AvgIpc) is 2.51. The summed E-state index contributed by atoms with van der Waals surface area (Å²) in [5.41, 5.74) is 0. The van der Waals surface area contributed by atoms with Crippen LogP contribution in [0.25, 0.3) is 0 Å². The third-order valence-corrected chi connectivity index (χ3v) is 6.93. The Labute approximate surface area is 137 Å². The molecular weight excluding hydrogens is 398 g/mol. The van der Waals surface area contributed by atoms with Gasteiger partial charge in [0.25, 0.3) is 0 Å². The summed E-state index contributed by atoms with van der Waals surface area (Å²) in [6.45, 7) is 0. The molecule has 0 aromatic heterocycles. The molecule has 0 aliphatic rings. The molecule has 0 saturated heterocycles. The normalized spacial score (nSPS) is 10.5. The Morgan fingerprint density at radius 2 is 0.650 bits per heavy atom. The summed E-state index contributed by atoms with van der Waals surface area (Å²) in [6, 6.07) is 32.6. The fraction of sp³-hybridized carbons (Fsp3) is 0. The summed E-state index contributed by atoms with van der Waals surface area (Å²) in [5.74, 6) is 0. The molecule has 0 heterocycles. The monoisotopic (exact) mass is 415 g/mol. The van der Waals surface area contributed by atoms with Crippen molar-refractivity contribution in [3.05, 3.63) is 91.0 Å². The van der Waals surface area contributed by atoms with Gasteiger partial charge >= 0.3 is 138 Å².